The maximum atomic E-state index is 4.64. The zero-order chi connectivity index (χ0) is 25.9. The molecular weight excluding hydrogens is 492 g/mol. The number of nitrogens with one attached hydrogen (secondary N) is 1. The molecule has 0 saturated heterocycles. The Morgan fingerprint density at radius 3 is 2.21 bits per heavy atom. The van der Waals surface area contributed by atoms with E-state index in [-0.39, 0.29) is 0 Å². The van der Waals surface area contributed by atoms with Crippen LogP contribution in [-0.2, 0) is 0 Å². The third kappa shape index (κ3) is 3.51. The highest BCUT2D eigenvalue weighted by atomic mass is 32.1. The Morgan fingerprint density at radius 1 is 0.590 bits per heavy atom. The van der Waals surface area contributed by atoms with Crippen LogP contribution in [0.2, 0.25) is 0 Å². The molecule has 1 aliphatic rings. The molecule has 5 aromatic carbocycles. The summed E-state index contributed by atoms with van der Waals surface area (Å²) in [6.07, 6.45) is 1.86. The van der Waals surface area contributed by atoms with Crippen molar-refractivity contribution in [2.45, 2.75) is 6.92 Å². The van der Waals surface area contributed by atoms with Gasteiger partial charge in [0.2, 0.25) is 0 Å². The van der Waals surface area contributed by atoms with Gasteiger partial charge in [-0.05, 0) is 77.2 Å². The number of rotatable bonds is 2. The van der Waals surface area contributed by atoms with E-state index in [1.165, 1.54) is 64.8 Å². The molecule has 3 heteroatoms. The van der Waals surface area contributed by atoms with Crippen LogP contribution in [0.1, 0.15) is 5.56 Å². The molecule has 0 radical (unpaired) electrons. The maximum absolute atomic E-state index is 4.64. The number of anilines is 2. The molecule has 8 rings (SSSR count). The van der Waals surface area contributed by atoms with Crippen LogP contribution >= 0.6 is 11.3 Å². The van der Waals surface area contributed by atoms with E-state index in [2.05, 4.69) is 120 Å². The smallest absolute Gasteiger partial charge is 0.0702 e. The predicted octanol–water partition coefficient (Wildman–Crippen LogP) is 10.5. The Kier molecular flexibility index (Phi) is 4.94. The first-order valence-electron chi connectivity index (χ1n) is 13.2. The van der Waals surface area contributed by atoms with Crippen LogP contribution in [0.4, 0.5) is 11.4 Å². The zero-order valence-corrected chi connectivity index (χ0v) is 22.2. The molecule has 39 heavy (non-hydrogen) atoms. The summed E-state index contributed by atoms with van der Waals surface area (Å²) in [5, 5.41) is 6.52. The number of benzene rings is 5. The molecule has 184 valence electrons. The second-order valence-electron chi connectivity index (χ2n) is 10.1. The average molecular weight is 517 g/mol. The Bertz CT molecular complexity index is 2040. The van der Waals surface area contributed by atoms with E-state index in [1.54, 1.807) is 0 Å². The highest BCUT2D eigenvalue weighted by molar-refractivity contribution is 7.26. The van der Waals surface area contributed by atoms with Gasteiger partial charge in [0.05, 0.1) is 16.1 Å². The number of nitrogens with zero attached hydrogens (tertiary/aromatic N) is 1. The van der Waals surface area contributed by atoms with Crippen LogP contribution in [0.25, 0.3) is 64.8 Å². The van der Waals surface area contributed by atoms with Crippen LogP contribution in [-0.4, -0.2) is 4.98 Å². The van der Waals surface area contributed by atoms with Gasteiger partial charge in [-0.25, -0.2) is 0 Å². The number of fused-ring (bicyclic) bond motifs is 10. The first-order valence-corrected chi connectivity index (χ1v) is 14.0. The molecule has 1 N–H and O–H groups in total. The molecule has 3 heterocycles. The first kappa shape index (κ1) is 22.3. The monoisotopic (exact) mass is 516 g/mol. The Morgan fingerprint density at radius 2 is 1.36 bits per heavy atom. The standard InChI is InChI=1S/C36H24N2S/c1-22-29-20-25(23-9-3-2-4-10-23)21-30(22)31-19-24(32-12-7-8-18-37-32)14-17-33(31)38-35-27(29)15-16-28-26-11-5-6-13-34(26)39-36(28)35/h2-21,38H,1H3. The van der Waals surface area contributed by atoms with E-state index < -0.39 is 0 Å². The van der Waals surface area contributed by atoms with E-state index >= 15 is 0 Å². The SMILES string of the molecule is Cc1c2cc(-c3ccccc3)cc1-c1ccc3c(sc4ccccc43)c1Nc1ccc(-c3ccccn3)cc1-2. The molecule has 0 spiro atoms. The lowest BCUT2D eigenvalue weighted by atomic mass is 9.85. The number of hydrogen-bond acceptors (Lipinski definition) is 3. The lowest BCUT2D eigenvalue weighted by Gasteiger charge is -2.25. The first-order chi connectivity index (χ1) is 19.2. The second kappa shape index (κ2) is 8.65. The van der Waals surface area contributed by atoms with Gasteiger partial charge in [0, 0.05) is 44.0 Å². The van der Waals surface area contributed by atoms with Crippen molar-refractivity contribution in [3.05, 3.63) is 127 Å². The van der Waals surface area contributed by atoms with E-state index in [9.17, 15) is 0 Å². The van der Waals surface area contributed by atoms with Crippen LogP contribution in [0.3, 0.4) is 0 Å². The molecule has 0 saturated carbocycles. The highest BCUT2D eigenvalue weighted by Crippen LogP contribution is 2.50. The number of hydrogen-bond donors (Lipinski definition) is 1. The number of thiophene rings is 1. The minimum Gasteiger partial charge on any atom is -0.353 e. The van der Waals surface area contributed by atoms with Crippen molar-refractivity contribution in [1.29, 1.82) is 0 Å². The molecule has 0 unspecified atom stereocenters. The fourth-order valence-electron chi connectivity index (χ4n) is 5.91. The lowest BCUT2D eigenvalue weighted by Crippen LogP contribution is -2.03. The third-order valence-corrected chi connectivity index (χ3v) is 9.09. The molecule has 1 aliphatic heterocycles. The van der Waals surface area contributed by atoms with Crippen molar-refractivity contribution in [1.82, 2.24) is 4.98 Å². The summed E-state index contributed by atoms with van der Waals surface area (Å²) in [4.78, 5) is 4.64. The van der Waals surface area contributed by atoms with E-state index in [4.69, 9.17) is 0 Å². The molecule has 7 aromatic rings. The van der Waals surface area contributed by atoms with Gasteiger partial charge < -0.3 is 5.32 Å². The Hall–Kier alpha value is -4.73. The summed E-state index contributed by atoms with van der Waals surface area (Å²) in [6, 6.07) is 41.5. The topological polar surface area (TPSA) is 24.9 Å². The minimum atomic E-state index is 0.978. The van der Waals surface area contributed by atoms with Crippen LogP contribution < -0.4 is 5.32 Å². The minimum absolute atomic E-state index is 0.978. The molecule has 2 bridgehead atoms. The van der Waals surface area contributed by atoms with Crippen LogP contribution in [0.5, 0.6) is 0 Å². The number of pyridine rings is 1. The van der Waals surface area contributed by atoms with Crippen molar-refractivity contribution >= 4 is 42.9 Å². The van der Waals surface area contributed by atoms with Crippen molar-refractivity contribution in [2.24, 2.45) is 0 Å². The summed E-state index contributed by atoms with van der Waals surface area (Å²) < 4.78 is 2.60. The van der Waals surface area contributed by atoms with Gasteiger partial charge in [-0.3, -0.25) is 4.98 Å². The Balaban J connectivity index is 1.47. The lowest BCUT2D eigenvalue weighted by molar-refractivity contribution is 1.32. The molecule has 2 aromatic heterocycles. The number of aromatic nitrogens is 1. The van der Waals surface area contributed by atoms with Gasteiger partial charge in [-0.15, -0.1) is 11.3 Å². The van der Waals surface area contributed by atoms with Gasteiger partial charge in [-0.2, -0.15) is 0 Å². The molecule has 2 nitrogen and oxygen atoms in total. The summed E-state index contributed by atoms with van der Waals surface area (Å²) in [5.41, 5.74) is 13.1. The normalized spacial score (nSPS) is 11.9. The van der Waals surface area contributed by atoms with Gasteiger partial charge in [0.25, 0.3) is 0 Å². The summed E-state index contributed by atoms with van der Waals surface area (Å²) in [7, 11) is 0. The largest absolute Gasteiger partial charge is 0.353 e. The van der Waals surface area contributed by atoms with Gasteiger partial charge in [0.1, 0.15) is 0 Å². The third-order valence-electron chi connectivity index (χ3n) is 7.88. The van der Waals surface area contributed by atoms with Crippen molar-refractivity contribution in [3.8, 4) is 44.6 Å². The van der Waals surface area contributed by atoms with Gasteiger partial charge in [-0.1, -0.05) is 72.8 Å². The summed E-state index contributed by atoms with van der Waals surface area (Å²) in [5.74, 6) is 0. The quantitative estimate of drug-likeness (QED) is 0.247. The predicted molar refractivity (Wildman–Crippen MR) is 167 cm³/mol. The van der Waals surface area contributed by atoms with Crippen molar-refractivity contribution in [2.75, 3.05) is 5.32 Å². The maximum Gasteiger partial charge on any atom is 0.0702 e. The fourth-order valence-corrected chi connectivity index (χ4v) is 7.12. The molecular formula is C36H24N2S. The summed E-state index contributed by atoms with van der Waals surface area (Å²) in [6.45, 7) is 2.26. The van der Waals surface area contributed by atoms with E-state index in [0.717, 1.165) is 16.9 Å². The van der Waals surface area contributed by atoms with Crippen LogP contribution in [0, 0.1) is 6.92 Å². The average Bonchev–Trinajstić information content (AvgIpc) is 3.38. The highest BCUT2D eigenvalue weighted by Gasteiger charge is 2.23. The van der Waals surface area contributed by atoms with Crippen molar-refractivity contribution in [3.63, 3.8) is 0 Å². The molecule has 0 amide bonds. The molecule has 0 atom stereocenters. The van der Waals surface area contributed by atoms with E-state index in [1.807, 2.05) is 29.7 Å². The van der Waals surface area contributed by atoms with Crippen LogP contribution in [0.15, 0.2) is 121 Å². The summed E-state index contributed by atoms with van der Waals surface area (Å²) >= 11 is 1.87. The zero-order valence-electron chi connectivity index (χ0n) is 21.4. The molecule has 0 fully saturated rings. The van der Waals surface area contributed by atoms with Crippen molar-refractivity contribution < 1.29 is 0 Å². The fraction of sp³-hybridized carbons (Fsp3) is 0.0278. The van der Waals surface area contributed by atoms with Gasteiger partial charge >= 0.3 is 0 Å². The second-order valence-corrected chi connectivity index (χ2v) is 11.2. The van der Waals surface area contributed by atoms with E-state index in [0.29, 0.717) is 0 Å². The Labute approximate surface area is 231 Å². The molecule has 0 aliphatic carbocycles. The van der Waals surface area contributed by atoms with Gasteiger partial charge in [0.15, 0.2) is 0 Å².